The van der Waals surface area contributed by atoms with Gasteiger partial charge in [-0.15, -0.1) is 0 Å². The fourth-order valence-corrected chi connectivity index (χ4v) is 2.79. The maximum atomic E-state index is 12.0. The lowest BCUT2D eigenvalue weighted by atomic mass is 9.81. The van der Waals surface area contributed by atoms with Crippen LogP contribution in [0.5, 0.6) is 0 Å². The van der Waals surface area contributed by atoms with Crippen molar-refractivity contribution in [2.45, 2.75) is 57.5 Å². The molecule has 1 heterocycles. The lowest BCUT2D eigenvalue weighted by Crippen LogP contribution is -2.53. The molecule has 1 aliphatic carbocycles. The molecule has 2 fully saturated rings. The highest BCUT2D eigenvalue weighted by Gasteiger charge is 2.63. The number of ether oxygens (including phenoxy) is 4. The molecule has 0 radical (unpaired) electrons. The van der Waals surface area contributed by atoms with E-state index in [1.54, 1.807) is 0 Å². The van der Waals surface area contributed by atoms with Gasteiger partial charge in [0.05, 0.1) is 0 Å². The maximum absolute atomic E-state index is 12.0. The van der Waals surface area contributed by atoms with E-state index in [4.69, 9.17) is 18.9 Å². The van der Waals surface area contributed by atoms with Crippen molar-refractivity contribution in [3.05, 3.63) is 0 Å². The molecule has 4 atom stereocenters. The molecule has 0 amide bonds. The van der Waals surface area contributed by atoms with Crippen LogP contribution in [0.4, 0.5) is 0 Å². The molecular formula is C13H16O8. The molecule has 2 rings (SSSR count). The van der Waals surface area contributed by atoms with Crippen LogP contribution in [0.25, 0.3) is 0 Å². The third kappa shape index (κ3) is 2.98. The van der Waals surface area contributed by atoms with Gasteiger partial charge in [0, 0.05) is 33.6 Å². The van der Waals surface area contributed by atoms with Gasteiger partial charge in [-0.25, -0.2) is 4.79 Å². The first kappa shape index (κ1) is 15.3. The van der Waals surface area contributed by atoms with Crippen molar-refractivity contribution in [3.8, 4) is 0 Å². The molecule has 8 nitrogen and oxygen atoms in total. The van der Waals surface area contributed by atoms with E-state index in [2.05, 4.69) is 0 Å². The van der Waals surface area contributed by atoms with Crippen LogP contribution in [-0.2, 0) is 38.1 Å². The number of fused-ring (bicyclic) bond motifs is 2. The Kier molecular flexibility index (Phi) is 3.89. The second-order valence-electron chi connectivity index (χ2n) is 5.16. The van der Waals surface area contributed by atoms with Crippen LogP contribution in [0.2, 0.25) is 0 Å². The highest BCUT2D eigenvalue weighted by Crippen LogP contribution is 2.43. The topological polar surface area (TPSA) is 105 Å². The average molecular weight is 300 g/mol. The SMILES string of the molecule is CC(=O)O[C@H]1[C@@H]2C[C@](OC(C)=O)(C[C@H]1OC(C)=O)C(=O)O2. The van der Waals surface area contributed by atoms with Gasteiger partial charge in [0.2, 0.25) is 5.60 Å². The normalized spacial score (nSPS) is 33.9. The number of hydrogen-bond acceptors (Lipinski definition) is 8. The molecular weight excluding hydrogens is 284 g/mol. The second-order valence-corrected chi connectivity index (χ2v) is 5.16. The zero-order valence-corrected chi connectivity index (χ0v) is 11.9. The van der Waals surface area contributed by atoms with E-state index in [1.165, 1.54) is 20.8 Å². The summed E-state index contributed by atoms with van der Waals surface area (Å²) in [5.74, 6) is -2.53. The lowest BCUT2D eigenvalue weighted by molar-refractivity contribution is -0.187. The van der Waals surface area contributed by atoms with E-state index in [1.807, 2.05) is 0 Å². The summed E-state index contributed by atoms with van der Waals surface area (Å²) in [6.45, 7) is 3.58. The Hall–Kier alpha value is -2.12. The predicted octanol–water partition coefficient (Wildman–Crippen LogP) is -0.129. The zero-order chi connectivity index (χ0) is 15.8. The first-order valence-corrected chi connectivity index (χ1v) is 6.48. The molecule has 1 saturated heterocycles. The van der Waals surface area contributed by atoms with Crippen molar-refractivity contribution < 1.29 is 38.1 Å². The standard InChI is InChI=1S/C13H16O8/c1-6(14)18-9-4-13(21-8(3)16)5-10(20-12(13)17)11(9)19-7(2)15/h9-11H,4-5H2,1-3H3/t9-,10+,11-,13-/m1/s1. The molecule has 0 N–H and O–H groups in total. The summed E-state index contributed by atoms with van der Waals surface area (Å²) in [6, 6.07) is 0. The van der Waals surface area contributed by atoms with Crippen LogP contribution in [-0.4, -0.2) is 47.8 Å². The molecule has 1 aliphatic heterocycles. The number of hydrogen-bond donors (Lipinski definition) is 0. The minimum atomic E-state index is -1.48. The Bertz CT molecular complexity index is 498. The minimum absolute atomic E-state index is 0.0706. The lowest BCUT2D eigenvalue weighted by Gasteiger charge is -2.36. The summed E-state index contributed by atoms with van der Waals surface area (Å²) in [4.78, 5) is 45.6. The van der Waals surface area contributed by atoms with Crippen LogP contribution in [0.3, 0.4) is 0 Å². The molecule has 2 bridgehead atoms. The first-order valence-electron chi connectivity index (χ1n) is 6.48. The van der Waals surface area contributed by atoms with Gasteiger partial charge in [-0.05, 0) is 0 Å². The van der Waals surface area contributed by atoms with Gasteiger partial charge in [0.25, 0.3) is 0 Å². The zero-order valence-electron chi connectivity index (χ0n) is 11.9. The van der Waals surface area contributed by atoms with E-state index in [-0.39, 0.29) is 12.8 Å². The largest absolute Gasteiger partial charge is 0.458 e. The summed E-state index contributed by atoms with van der Waals surface area (Å²) < 4.78 is 20.4. The monoisotopic (exact) mass is 300 g/mol. The van der Waals surface area contributed by atoms with Crippen molar-refractivity contribution in [1.82, 2.24) is 0 Å². The first-order chi connectivity index (χ1) is 9.73. The molecule has 0 aromatic carbocycles. The van der Waals surface area contributed by atoms with Crippen LogP contribution < -0.4 is 0 Å². The van der Waals surface area contributed by atoms with E-state index in [9.17, 15) is 19.2 Å². The van der Waals surface area contributed by atoms with Gasteiger partial charge < -0.3 is 18.9 Å². The third-order valence-corrected chi connectivity index (χ3v) is 3.38. The van der Waals surface area contributed by atoms with Crippen LogP contribution in [0.1, 0.15) is 33.6 Å². The highest BCUT2D eigenvalue weighted by molar-refractivity contribution is 5.85. The van der Waals surface area contributed by atoms with Gasteiger partial charge in [0.15, 0.2) is 6.10 Å². The molecule has 0 aromatic heterocycles. The summed E-state index contributed by atoms with van der Waals surface area (Å²) in [5, 5.41) is 0. The maximum Gasteiger partial charge on any atom is 0.351 e. The number of carbonyl (C=O) groups excluding carboxylic acids is 4. The molecule has 116 valence electrons. The Morgan fingerprint density at radius 2 is 1.67 bits per heavy atom. The van der Waals surface area contributed by atoms with Crippen molar-refractivity contribution >= 4 is 23.9 Å². The molecule has 0 aromatic rings. The Labute approximate surface area is 120 Å². The molecule has 8 heteroatoms. The molecule has 21 heavy (non-hydrogen) atoms. The minimum Gasteiger partial charge on any atom is -0.458 e. The van der Waals surface area contributed by atoms with E-state index in [0.717, 1.165) is 0 Å². The average Bonchev–Trinajstić information content (AvgIpc) is 2.56. The van der Waals surface area contributed by atoms with Crippen LogP contribution >= 0.6 is 0 Å². The van der Waals surface area contributed by atoms with Crippen LogP contribution in [0.15, 0.2) is 0 Å². The van der Waals surface area contributed by atoms with Crippen molar-refractivity contribution in [2.24, 2.45) is 0 Å². The predicted molar refractivity (Wildman–Crippen MR) is 64.7 cm³/mol. The summed E-state index contributed by atoms with van der Waals surface area (Å²) in [7, 11) is 0. The van der Waals surface area contributed by atoms with Gasteiger partial charge in [-0.3, -0.25) is 14.4 Å². The summed E-state index contributed by atoms with van der Waals surface area (Å²) in [6.07, 6.45) is -2.64. The van der Waals surface area contributed by atoms with Crippen molar-refractivity contribution in [3.63, 3.8) is 0 Å². The van der Waals surface area contributed by atoms with Crippen LogP contribution in [0, 0.1) is 0 Å². The number of esters is 4. The Morgan fingerprint density at radius 3 is 2.19 bits per heavy atom. The van der Waals surface area contributed by atoms with Gasteiger partial charge in [0.1, 0.15) is 12.2 Å². The van der Waals surface area contributed by atoms with Gasteiger partial charge >= 0.3 is 23.9 Å². The molecule has 0 unspecified atom stereocenters. The molecule has 0 spiro atoms. The van der Waals surface area contributed by atoms with E-state index in [0.29, 0.717) is 0 Å². The van der Waals surface area contributed by atoms with E-state index >= 15 is 0 Å². The van der Waals surface area contributed by atoms with E-state index < -0.39 is 47.8 Å². The van der Waals surface area contributed by atoms with Gasteiger partial charge in [-0.2, -0.15) is 0 Å². The number of rotatable bonds is 3. The highest BCUT2D eigenvalue weighted by atomic mass is 16.6. The van der Waals surface area contributed by atoms with Crippen molar-refractivity contribution in [1.29, 1.82) is 0 Å². The fourth-order valence-electron chi connectivity index (χ4n) is 2.79. The molecule has 2 aliphatic rings. The summed E-state index contributed by atoms with van der Waals surface area (Å²) in [5.41, 5.74) is -1.48. The third-order valence-electron chi connectivity index (χ3n) is 3.38. The smallest absolute Gasteiger partial charge is 0.351 e. The fraction of sp³-hybridized carbons (Fsp3) is 0.692. The Morgan fingerprint density at radius 1 is 1.05 bits per heavy atom. The number of carbonyl (C=O) groups is 4. The Balaban J connectivity index is 2.28. The second kappa shape index (κ2) is 5.34. The van der Waals surface area contributed by atoms with Crippen molar-refractivity contribution in [2.75, 3.05) is 0 Å². The van der Waals surface area contributed by atoms with Gasteiger partial charge in [-0.1, -0.05) is 0 Å². The summed E-state index contributed by atoms with van der Waals surface area (Å²) >= 11 is 0. The quantitative estimate of drug-likeness (QED) is 0.524. The molecule has 1 saturated carbocycles.